The van der Waals surface area contributed by atoms with Gasteiger partial charge in [-0.2, -0.15) is 5.10 Å². The van der Waals surface area contributed by atoms with E-state index < -0.39 is 0 Å². The molecule has 5 heteroatoms. The van der Waals surface area contributed by atoms with Gasteiger partial charge in [0.2, 0.25) is 0 Å². The maximum Gasteiger partial charge on any atom is 0.266 e. The lowest BCUT2D eigenvalue weighted by Crippen LogP contribution is -2.30. The molecule has 1 amide bonds. The topological polar surface area (TPSA) is 32.7 Å². The normalized spacial score (nSPS) is 22.7. The zero-order chi connectivity index (χ0) is 19.7. The van der Waals surface area contributed by atoms with Crippen LogP contribution in [0.25, 0.3) is 6.08 Å². The lowest BCUT2D eigenvalue weighted by molar-refractivity contribution is -0.128. The molecule has 1 heterocycles. The average molecular weight is 378 g/mol. The Bertz CT molecular complexity index is 961. The number of hydrogen-bond acceptors (Lipinski definition) is 2. The highest BCUT2D eigenvalue weighted by Gasteiger charge is 2.43. The van der Waals surface area contributed by atoms with Gasteiger partial charge in [0.1, 0.15) is 11.6 Å². The maximum atomic E-state index is 13.4. The van der Waals surface area contributed by atoms with Crippen molar-refractivity contribution in [3.63, 3.8) is 0 Å². The molecule has 1 aliphatic carbocycles. The molecule has 0 radical (unpaired) electrons. The van der Waals surface area contributed by atoms with Crippen LogP contribution in [-0.2, 0) is 4.79 Å². The fourth-order valence-electron chi connectivity index (χ4n) is 4.03. The molecule has 0 spiro atoms. The molecule has 0 bridgehead atoms. The molecule has 2 aromatic carbocycles. The highest BCUT2D eigenvalue weighted by molar-refractivity contribution is 6.08. The fourth-order valence-corrected chi connectivity index (χ4v) is 4.03. The summed E-state index contributed by atoms with van der Waals surface area (Å²) >= 11 is 0. The van der Waals surface area contributed by atoms with Gasteiger partial charge >= 0.3 is 0 Å². The molecule has 2 aliphatic rings. The van der Waals surface area contributed by atoms with Gasteiger partial charge in [0, 0.05) is 5.92 Å². The van der Waals surface area contributed by atoms with Gasteiger partial charge < -0.3 is 0 Å². The quantitative estimate of drug-likeness (QED) is 0.670. The third kappa shape index (κ3) is 3.40. The number of carbonyl (C=O) groups is 1. The summed E-state index contributed by atoms with van der Waals surface area (Å²) in [6, 6.07) is 12.3. The van der Waals surface area contributed by atoms with Crippen LogP contribution in [0, 0.1) is 17.6 Å². The van der Waals surface area contributed by atoms with Crippen LogP contribution in [0.2, 0.25) is 0 Å². The van der Waals surface area contributed by atoms with Gasteiger partial charge in [0.15, 0.2) is 0 Å². The Hall–Kier alpha value is -3.08. The molecule has 1 saturated carbocycles. The first kappa shape index (κ1) is 18.3. The first-order valence-electron chi connectivity index (χ1n) is 9.33. The lowest BCUT2D eigenvalue weighted by atomic mass is 9.77. The zero-order valence-electron chi connectivity index (χ0n) is 15.3. The molecule has 2 aromatic rings. The Labute approximate surface area is 162 Å². The van der Waals surface area contributed by atoms with Crippen molar-refractivity contribution in [1.29, 1.82) is 0 Å². The second-order valence-corrected chi connectivity index (χ2v) is 7.09. The van der Waals surface area contributed by atoms with Gasteiger partial charge in [-0.1, -0.05) is 30.8 Å². The van der Waals surface area contributed by atoms with Crippen LogP contribution >= 0.6 is 0 Å². The molecule has 28 heavy (non-hydrogen) atoms. The Morgan fingerprint density at radius 2 is 1.71 bits per heavy atom. The summed E-state index contributed by atoms with van der Waals surface area (Å²) < 4.78 is 26.6. The van der Waals surface area contributed by atoms with Gasteiger partial charge in [-0.05, 0) is 72.4 Å². The van der Waals surface area contributed by atoms with E-state index in [1.807, 2.05) is 6.08 Å². The number of hydrogen-bond donors (Lipinski definition) is 0. The average Bonchev–Trinajstić information content (AvgIpc) is 3.10. The van der Waals surface area contributed by atoms with Gasteiger partial charge in [-0.15, -0.1) is 0 Å². The molecule has 4 rings (SSSR count). The summed E-state index contributed by atoms with van der Waals surface area (Å²) in [7, 11) is 0. The number of carbonyl (C=O) groups excluding carboxylic acids is 1. The van der Waals surface area contributed by atoms with E-state index in [0.717, 1.165) is 41.7 Å². The molecule has 0 aromatic heterocycles. The smallest absolute Gasteiger partial charge is 0.266 e. The molecule has 1 aliphatic heterocycles. The summed E-state index contributed by atoms with van der Waals surface area (Å²) in [6.45, 7) is 3.59. The molecule has 0 saturated heterocycles. The van der Waals surface area contributed by atoms with Crippen LogP contribution < -0.4 is 0 Å². The lowest BCUT2D eigenvalue weighted by Gasteiger charge is -2.29. The fraction of sp³-hybridized carbons (Fsp3) is 0.217. The van der Waals surface area contributed by atoms with Crippen molar-refractivity contribution in [2.75, 3.05) is 0 Å². The first-order valence-corrected chi connectivity index (χ1v) is 9.33. The molecule has 3 nitrogen and oxygen atoms in total. The number of allylic oxidation sites excluding steroid dienone is 1. The van der Waals surface area contributed by atoms with Crippen molar-refractivity contribution < 1.29 is 13.6 Å². The standard InChI is InChI=1S/C23H20F2N2O/c1-2-21(28)27-23(16-8-12-19(25)13-9-16)20-5-3-4-17(22(20)26-27)14-15-6-10-18(24)11-7-15/h2,6-14,20,23H,1,3-5H2/b17-14+/t20-,23-/m1/s1. The van der Waals surface area contributed by atoms with Gasteiger partial charge in [0.05, 0.1) is 11.8 Å². The van der Waals surface area contributed by atoms with Crippen molar-refractivity contribution in [2.24, 2.45) is 11.0 Å². The van der Waals surface area contributed by atoms with Crippen LogP contribution in [0.5, 0.6) is 0 Å². The second-order valence-electron chi connectivity index (χ2n) is 7.09. The van der Waals surface area contributed by atoms with E-state index in [1.165, 1.54) is 35.4 Å². The van der Waals surface area contributed by atoms with E-state index >= 15 is 0 Å². The number of hydrazone groups is 1. The molecule has 0 unspecified atom stereocenters. The molecule has 142 valence electrons. The minimum absolute atomic E-state index is 0.0369. The van der Waals surface area contributed by atoms with Gasteiger partial charge in [-0.25, -0.2) is 13.8 Å². The summed E-state index contributed by atoms with van der Waals surface area (Å²) in [5, 5.41) is 6.11. The van der Waals surface area contributed by atoms with E-state index in [0.29, 0.717) is 0 Å². The Morgan fingerprint density at radius 1 is 1.07 bits per heavy atom. The SMILES string of the molecule is C=CC(=O)N1N=C2/C(=C/c3ccc(F)cc3)CCC[C@H]2[C@H]1c1ccc(F)cc1. The van der Waals surface area contributed by atoms with Crippen molar-refractivity contribution >= 4 is 17.7 Å². The predicted molar refractivity (Wildman–Crippen MR) is 105 cm³/mol. The number of rotatable bonds is 3. The number of benzene rings is 2. The number of fused-ring (bicyclic) bond motifs is 1. The third-order valence-electron chi connectivity index (χ3n) is 5.32. The molecule has 0 N–H and O–H groups in total. The summed E-state index contributed by atoms with van der Waals surface area (Å²) in [5.74, 6) is -0.835. The van der Waals surface area contributed by atoms with E-state index in [2.05, 4.69) is 11.7 Å². The Morgan fingerprint density at radius 3 is 2.36 bits per heavy atom. The Balaban J connectivity index is 1.74. The van der Waals surface area contributed by atoms with Crippen LogP contribution in [0.1, 0.15) is 36.4 Å². The number of amides is 1. The van der Waals surface area contributed by atoms with Crippen LogP contribution in [0.4, 0.5) is 8.78 Å². The highest BCUT2D eigenvalue weighted by atomic mass is 19.1. The monoisotopic (exact) mass is 378 g/mol. The van der Waals surface area contributed by atoms with Crippen LogP contribution in [-0.4, -0.2) is 16.6 Å². The zero-order valence-corrected chi connectivity index (χ0v) is 15.3. The predicted octanol–water partition coefficient (Wildman–Crippen LogP) is 5.27. The first-order chi connectivity index (χ1) is 13.6. The van der Waals surface area contributed by atoms with Crippen molar-refractivity contribution in [2.45, 2.75) is 25.3 Å². The second kappa shape index (κ2) is 7.50. The molecular formula is C23H20F2N2O. The molecular weight excluding hydrogens is 358 g/mol. The Kier molecular flexibility index (Phi) is 4.90. The van der Waals surface area contributed by atoms with E-state index in [9.17, 15) is 13.6 Å². The van der Waals surface area contributed by atoms with Crippen molar-refractivity contribution in [3.8, 4) is 0 Å². The van der Waals surface area contributed by atoms with Crippen molar-refractivity contribution in [3.05, 3.63) is 89.5 Å². The van der Waals surface area contributed by atoms with Gasteiger partial charge in [0.25, 0.3) is 5.91 Å². The minimum Gasteiger partial charge on any atom is -0.268 e. The molecule has 2 atom stereocenters. The highest BCUT2D eigenvalue weighted by Crippen LogP contribution is 2.44. The van der Waals surface area contributed by atoms with Crippen LogP contribution in [0.3, 0.4) is 0 Å². The van der Waals surface area contributed by atoms with E-state index in [4.69, 9.17) is 0 Å². The van der Waals surface area contributed by atoms with Gasteiger partial charge in [-0.3, -0.25) is 4.79 Å². The summed E-state index contributed by atoms with van der Waals surface area (Å²) in [4.78, 5) is 12.5. The summed E-state index contributed by atoms with van der Waals surface area (Å²) in [5.41, 5.74) is 3.67. The minimum atomic E-state index is -0.315. The van der Waals surface area contributed by atoms with Crippen LogP contribution in [0.15, 0.2) is 71.9 Å². The van der Waals surface area contributed by atoms with E-state index in [1.54, 1.807) is 24.3 Å². The third-order valence-corrected chi connectivity index (χ3v) is 5.32. The largest absolute Gasteiger partial charge is 0.268 e. The number of halogens is 2. The molecule has 1 fully saturated rings. The number of nitrogens with zero attached hydrogens (tertiary/aromatic N) is 2. The summed E-state index contributed by atoms with van der Waals surface area (Å²) in [6.07, 6.45) is 5.96. The van der Waals surface area contributed by atoms with E-state index in [-0.39, 0.29) is 29.5 Å². The van der Waals surface area contributed by atoms with Crippen molar-refractivity contribution in [1.82, 2.24) is 5.01 Å². The maximum absolute atomic E-state index is 13.4.